The number of rotatable bonds is 5. The summed E-state index contributed by atoms with van der Waals surface area (Å²) in [6.07, 6.45) is 2.24. The standard InChI is InChI=1S/C14H18N4O/c1-3-12-13(15)16-9-17-14(12)18-10-6-5-7-11(8-10)19-4-2/h5-9H,3-4H2,1-2H3,(H3,15,16,17,18). The van der Waals surface area contributed by atoms with Gasteiger partial charge >= 0.3 is 0 Å². The van der Waals surface area contributed by atoms with E-state index < -0.39 is 0 Å². The highest BCUT2D eigenvalue weighted by molar-refractivity contribution is 5.64. The molecule has 0 bridgehead atoms. The zero-order valence-corrected chi connectivity index (χ0v) is 11.2. The number of nitrogens with one attached hydrogen (secondary N) is 1. The third-order valence-corrected chi connectivity index (χ3v) is 2.74. The van der Waals surface area contributed by atoms with E-state index in [1.807, 2.05) is 38.1 Å². The van der Waals surface area contributed by atoms with E-state index in [-0.39, 0.29) is 0 Å². The molecule has 19 heavy (non-hydrogen) atoms. The Kier molecular flexibility index (Phi) is 4.18. The minimum atomic E-state index is 0.515. The predicted molar refractivity (Wildman–Crippen MR) is 76.7 cm³/mol. The first kappa shape index (κ1) is 13.1. The van der Waals surface area contributed by atoms with Crippen molar-refractivity contribution >= 4 is 17.3 Å². The summed E-state index contributed by atoms with van der Waals surface area (Å²) in [5, 5.41) is 3.25. The van der Waals surface area contributed by atoms with Gasteiger partial charge in [0.25, 0.3) is 0 Å². The first-order valence-electron chi connectivity index (χ1n) is 6.33. The fraction of sp³-hybridized carbons (Fsp3) is 0.286. The zero-order valence-electron chi connectivity index (χ0n) is 11.2. The van der Waals surface area contributed by atoms with Gasteiger partial charge in [-0.05, 0) is 25.5 Å². The van der Waals surface area contributed by atoms with Crippen LogP contribution in [0.25, 0.3) is 0 Å². The highest BCUT2D eigenvalue weighted by Crippen LogP contribution is 2.24. The number of hydrogen-bond donors (Lipinski definition) is 2. The second kappa shape index (κ2) is 6.04. The van der Waals surface area contributed by atoms with Gasteiger partial charge in [0.15, 0.2) is 0 Å². The van der Waals surface area contributed by atoms with Crippen molar-refractivity contribution in [3.63, 3.8) is 0 Å². The third kappa shape index (κ3) is 3.13. The van der Waals surface area contributed by atoms with Crippen LogP contribution in [0.3, 0.4) is 0 Å². The van der Waals surface area contributed by atoms with E-state index in [9.17, 15) is 0 Å². The fourth-order valence-corrected chi connectivity index (χ4v) is 1.85. The van der Waals surface area contributed by atoms with Crippen molar-refractivity contribution in [2.24, 2.45) is 0 Å². The molecular weight excluding hydrogens is 240 g/mol. The number of nitrogens with zero attached hydrogens (tertiary/aromatic N) is 2. The normalized spacial score (nSPS) is 10.2. The smallest absolute Gasteiger partial charge is 0.139 e. The molecule has 0 saturated heterocycles. The topological polar surface area (TPSA) is 73.1 Å². The molecule has 0 atom stereocenters. The summed E-state index contributed by atoms with van der Waals surface area (Å²) in [5.41, 5.74) is 7.68. The van der Waals surface area contributed by atoms with Crippen molar-refractivity contribution in [1.82, 2.24) is 9.97 Å². The molecule has 0 aliphatic carbocycles. The summed E-state index contributed by atoms with van der Waals surface area (Å²) in [6.45, 7) is 4.63. The number of nitrogen functional groups attached to an aromatic ring is 1. The molecule has 5 nitrogen and oxygen atoms in total. The van der Waals surface area contributed by atoms with Crippen molar-refractivity contribution in [1.29, 1.82) is 0 Å². The highest BCUT2D eigenvalue weighted by Gasteiger charge is 2.07. The summed E-state index contributed by atoms with van der Waals surface area (Å²) >= 11 is 0. The molecule has 0 fully saturated rings. The minimum absolute atomic E-state index is 0.515. The van der Waals surface area contributed by atoms with Crippen molar-refractivity contribution in [2.75, 3.05) is 17.7 Å². The summed E-state index contributed by atoms with van der Waals surface area (Å²) < 4.78 is 5.47. The van der Waals surface area contributed by atoms with E-state index in [0.717, 1.165) is 29.2 Å². The summed E-state index contributed by atoms with van der Waals surface area (Å²) in [6, 6.07) is 7.74. The van der Waals surface area contributed by atoms with Crippen LogP contribution < -0.4 is 15.8 Å². The number of ether oxygens (including phenoxy) is 1. The Balaban J connectivity index is 2.26. The van der Waals surface area contributed by atoms with Gasteiger partial charge in [-0.15, -0.1) is 0 Å². The number of nitrogens with two attached hydrogens (primary N) is 1. The third-order valence-electron chi connectivity index (χ3n) is 2.74. The van der Waals surface area contributed by atoms with Crippen LogP contribution in [0.1, 0.15) is 19.4 Å². The van der Waals surface area contributed by atoms with E-state index in [4.69, 9.17) is 10.5 Å². The average molecular weight is 258 g/mol. The van der Waals surface area contributed by atoms with E-state index in [2.05, 4.69) is 15.3 Å². The van der Waals surface area contributed by atoms with Gasteiger partial charge in [-0.2, -0.15) is 0 Å². The first-order valence-corrected chi connectivity index (χ1v) is 6.33. The molecule has 0 amide bonds. The van der Waals surface area contributed by atoms with E-state index in [1.165, 1.54) is 6.33 Å². The van der Waals surface area contributed by atoms with Crippen molar-refractivity contribution < 1.29 is 4.74 Å². The second-order valence-electron chi connectivity index (χ2n) is 4.03. The van der Waals surface area contributed by atoms with E-state index in [1.54, 1.807) is 0 Å². The van der Waals surface area contributed by atoms with Gasteiger partial charge in [-0.25, -0.2) is 9.97 Å². The number of hydrogen-bond acceptors (Lipinski definition) is 5. The van der Waals surface area contributed by atoms with Crippen LogP contribution in [0.2, 0.25) is 0 Å². The quantitative estimate of drug-likeness (QED) is 0.862. The Bertz CT molecular complexity index is 557. The molecule has 0 unspecified atom stereocenters. The monoisotopic (exact) mass is 258 g/mol. The molecule has 0 aliphatic rings. The van der Waals surface area contributed by atoms with Crippen molar-refractivity contribution in [2.45, 2.75) is 20.3 Å². The average Bonchev–Trinajstić information content (AvgIpc) is 2.40. The molecule has 2 aromatic rings. The highest BCUT2D eigenvalue weighted by atomic mass is 16.5. The van der Waals surface area contributed by atoms with Crippen LogP contribution in [0, 0.1) is 0 Å². The number of aromatic nitrogens is 2. The Morgan fingerprint density at radius 3 is 2.84 bits per heavy atom. The van der Waals surface area contributed by atoms with Gasteiger partial charge in [0.2, 0.25) is 0 Å². The summed E-state index contributed by atoms with van der Waals surface area (Å²) in [7, 11) is 0. The van der Waals surface area contributed by atoms with Crippen LogP contribution in [-0.4, -0.2) is 16.6 Å². The Hall–Kier alpha value is -2.30. The molecule has 0 aliphatic heterocycles. The van der Waals surface area contributed by atoms with E-state index >= 15 is 0 Å². The van der Waals surface area contributed by atoms with E-state index in [0.29, 0.717) is 12.4 Å². The lowest BCUT2D eigenvalue weighted by Gasteiger charge is -2.12. The lowest BCUT2D eigenvalue weighted by Crippen LogP contribution is -2.04. The van der Waals surface area contributed by atoms with Crippen LogP contribution in [-0.2, 0) is 6.42 Å². The molecule has 100 valence electrons. The number of anilines is 3. The van der Waals surface area contributed by atoms with Gasteiger partial charge in [0, 0.05) is 17.3 Å². The summed E-state index contributed by atoms with van der Waals surface area (Å²) in [5.74, 6) is 2.08. The molecule has 5 heteroatoms. The second-order valence-corrected chi connectivity index (χ2v) is 4.03. The zero-order chi connectivity index (χ0) is 13.7. The predicted octanol–water partition coefficient (Wildman–Crippen LogP) is 2.76. The van der Waals surface area contributed by atoms with Gasteiger partial charge < -0.3 is 15.8 Å². The lowest BCUT2D eigenvalue weighted by atomic mass is 10.2. The van der Waals surface area contributed by atoms with Gasteiger partial charge in [-0.3, -0.25) is 0 Å². The molecule has 1 aromatic heterocycles. The Morgan fingerprint density at radius 2 is 2.11 bits per heavy atom. The van der Waals surface area contributed by atoms with Gasteiger partial charge in [-0.1, -0.05) is 13.0 Å². The molecule has 1 aromatic carbocycles. The fourth-order valence-electron chi connectivity index (χ4n) is 1.85. The molecule has 0 radical (unpaired) electrons. The molecule has 2 rings (SSSR count). The Labute approximate surface area is 112 Å². The minimum Gasteiger partial charge on any atom is -0.494 e. The van der Waals surface area contributed by atoms with Crippen LogP contribution in [0.15, 0.2) is 30.6 Å². The van der Waals surface area contributed by atoms with Crippen LogP contribution in [0.5, 0.6) is 5.75 Å². The molecule has 0 saturated carbocycles. The summed E-state index contributed by atoms with van der Waals surface area (Å²) in [4.78, 5) is 8.24. The molecule has 1 heterocycles. The van der Waals surface area contributed by atoms with Gasteiger partial charge in [0.05, 0.1) is 6.61 Å². The molecule has 0 spiro atoms. The Morgan fingerprint density at radius 1 is 1.26 bits per heavy atom. The molecule has 3 N–H and O–H groups in total. The van der Waals surface area contributed by atoms with Gasteiger partial charge in [0.1, 0.15) is 23.7 Å². The van der Waals surface area contributed by atoms with Crippen LogP contribution in [0.4, 0.5) is 17.3 Å². The van der Waals surface area contributed by atoms with Crippen molar-refractivity contribution in [3.8, 4) is 5.75 Å². The molecular formula is C14H18N4O. The van der Waals surface area contributed by atoms with Crippen LogP contribution >= 0.6 is 0 Å². The van der Waals surface area contributed by atoms with Crippen molar-refractivity contribution in [3.05, 3.63) is 36.2 Å². The lowest BCUT2D eigenvalue weighted by molar-refractivity contribution is 0.340. The maximum atomic E-state index is 5.85. The number of benzene rings is 1. The SMILES string of the molecule is CCOc1cccc(Nc2ncnc(N)c2CC)c1. The largest absolute Gasteiger partial charge is 0.494 e. The maximum absolute atomic E-state index is 5.85. The maximum Gasteiger partial charge on any atom is 0.139 e. The first-order chi connectivity index (χ1) is 9.24.